The van der Waals surface area contributed by atoms with Crippen LogP contribution in [0, 0.1) is 11.8 Å². The molecule has 0 N–H and O–H groups in total. The normalized spacial score (nSPS) is 14.8. The molecule has 1 aromatic carbocycles. The minimum absolute atomic E-state index is 0.478. The zero-order chi connectivity index (χ0) is 13.0. The lowest BCUT2D eigenvalue weighted by Crippen LogP contribution is -2.20. The molecule has 96 valence electrons. The van der Waals surface area contributed by atoms with E-state index in [0.29, 0.717) is 16.7 Å². The van der Waals surface area contributed by atoms with E-state index < -0.39 is 0 Å². The molecule has 0 aromatic heterocycles. The summed E-state index contributed by atoms with van der Waals surface area (Å²) in [5, 5.41) is 0.769. The fourth-order valence-electron chi connectivity index (χ4n) is 2.09. The molecule has 0 fully saturated rings. The average molecular weight is 320 g/mol. The summed E-state index contributed by atoms with van der Waals surface area (Å²) in [5.41, 5.74) is 1.19. The molecule has 2 unspecified atom stereocenters. The molecule has 0 aliphatic carbocycles. The van der Waals surface area contributed by atoms with Crippen molar-refractivity contribution in [3.63, 3.8) is 0 Å². The van der Waals surface area contributed by atoms with Crippen LogP contribution in [-0.4, -0.2) is 11.9 Å². The van der Waals surface area contributed by atoms with Crippen molar-refractivity contribution in [2.75, 3.05) is 7.11 Å². The summed E-state index contributed by atoms with van der Waals surface area (Å²) in [6, 6.07) is 5.81. The lowest BCUT2D eigenvalue weighted by Gasteiger charge is -2.24. The molecular weight excluding hydrogens is 300 g/mol. The molecule has 0 aliphatic heterocycles. The summed E-state index contributed by atoms with van der Waals surface area (Å²) in [7, 11) is 1.70. The topological polar surface area (TPSA) is 9.23 Å². The number of ether oxygens (including phenoxy) is 1. The van der Waals surface area contributed by atoms with Gasteiger partial charge in [-0.3, -0.25) is 0 Å². The maximum absolute atomic E-state index is 6.05. The van der Waals surface area contributed by atoms with Crippen LogP contribution in [0.1, 0.15) is 26.3 Å². The molecule has 0 bridgehead atoms. The first-order chi connectivity index (χ1) is 7.95. The van der Waals surface area contributed by atoms with Gasteiger partial charge in [0.05, 0.1) is 7.11 Å². The second-order valence-electron chi connectivity index (χ2n) is 4.75. The summed E-state index contributed by atoms with van der Waals surface area (Å²) < 4.78 is 5.39. The highest BCUT2D eigenvalue weighted by Crippen LogP contribution is 2.31. The molecule has 1 rings (SSSR count). The monoisotopic (exact) mass is 318 g/mol. The lowest BCUT2D eigenvalue weighted by atomic mass is 9.87. The molecule has 0 aliphatic rings. The van der Waals surface area contributed by atoms with Gasteiger partial charge in [0.2, 0.25) is 0 Å². The van der Waals surface area contributed by atoms with Crippen molar-refractivity contribution in [2.45, 2.75) is 32.0 Å². The molecule has 0 saturated heterocycles. The summed E-state index contributed by atoms with van der Waals surface area (Å²) in [6.07, 6.45) is 0.980. The zero-order valence-electron chi connectivity index (χ0n) is 10.8. The second kappa shape index (κ2) is 6.65. The number of alkyl halides is 1. The highest BCUT2D eigenvalue weighted by Gasteiger charge is 2.20. The van der Waals surface area contributed by atoms with E-state index >= 15 is 0 Å². The van der Waals surface area contributed by atoms with Crippen LogP contribution >= 0.6 is 27.5 Å². The van der Waals surface area contributed by atoms with Crippen LogP contribution in [0.3, 0.4) is 0 Å². The van der Waals surface area contributed by atoms with Gasteiger partial charge in [-0.05, 0) is 42.0 Å². The first kappa shape index (κ1) is 14.8. The summed E-state index contributed by atoms with van der Waals surface area (Å²) in [6.45, 7) is 6.70. The van der Waals surface area contributed by atoms with Crippen molar-refractivity contribution < 1.29 is 4.74 Å². The number of benzene rings is 1. The Labute approximate surface area is 118 Å². The van der Waals surface area contributed by atoms with Gasteiger partial charge in [0.1, 0.15) is 5.75 Å². The maximum Gasteiger partial charge on any atom is 0.122 e. The highest BCUT2D eigenvalue weighted by atomic mass is 79.9. The number of methoxy groups -OCH3 is 1. The molecule has 0 heterocycles. The smallest absolute Gasteiger partial charge is 0.122 e. The van der Waals surface area contributed by atoms with Crippen LogP contribution in [-0.2, 0) is 6.42 Å². The van der Waals surface area contributed by atoms with Crippen molar-refractivity contribution in [3.05, 3.63) is 28.8 Å². The summed E-state index contributed by atoms with van der Waals surface area (Å²) in [4.78, 5) is 0.478. The Morgan fingerprint density at radius 1 is 1.29 bits per heavy atom. The van der Waals surface area contributed by atoms with Crippen LogP contribution < -0.4 is 4.74 Å². The van der Waals surface area contributed by atoms with Gasteiger partial charge >= 0.3 is 0 Å². The minimum atomic E-state index is 0.478. The fourth-order valence-corrected chi connectivity index (χ4v) is 3.08. The number of hydrogen-bond donors (Lipinski definition) is 0. The van der Waals surface area contributed by atoms with Gasteiger partial charge in [-0.2, -0.15) is 0 Å². The predicted octanol–water partition coefficient (Wildman–Crippen LogP) is 4.95. The SMILES string of the molecule is COc1ccc(Cl)cc1CC(C(C)C)C(C)Br. The first-order valence-electron chi connectivity index (χ1n) is 5.92. The van der Waals surface area contributed by atoms with Crippen LogP contribution in [0.5, 0.6) is 5.75 Å². The Balaban J connectivity index is 2.95. The Kier molecular flexibility index (Phi) is 5.81. The first-order valence-corrected chi connectivity index (χ1v) is 7.21. The molecule has 0 radical (unpaired) electrons. The van der Waals surface area contributed by atoms with Crippen molar-refractivity contribution in [3.8, 4) is 5.75 Å². The van der Waals surface area contributed by atoms with E-state index in [2.05, 4.69) is 36.7 Å². The molecule has 1 aromatic rings. The quantitative estimate of drug-likeness (QED) is 0.698. The third kappa shape index (κ3) is 4.18. The highest BCUT2D eigenvalue weighted by molar-refractivity contribution is 9.09. The van der Waals surface area contributed by atoms with E-state index in [0.717, 1.165) is 17.2 Å². The van der Waals surface area contributed by atoms with E-state index in [1.807, 2.05) is 18.2 Å². The third-order valence-electron chi connectivity index (χ3n) is 3.14. The maximum atomic E-state index is 6.05. The van der Waals surface area contributed by atoms with Crippen molar-refractivity contribution in [1.82, 2.24) is 0 Å². The van der Waals surface area contributed by atoms with E-state index in [1.54, 1.807) is 7.11 Å². The van der Waals surface area contributed by atoms with Crippen LogP contribution in [0.15, 0.2) is 18.2 Å². The number of rotatable bonds is 5. The van der Waals surface area contributed by atoms with E-state index in [-0.39, 0.29) is 0 Å². The van der Waals surface area contributed by atoms with Gasteiger partial charge in [-0.15, -0.1) is 0 Å². The summed E-state index contributed by atoms with van der Waals surface area (Å²) in [5.74, 6) is 2.11. The van der Waals surface area contributed by atoms with E-state index in [9.17, 15) is 0 Å². The third-order valence-corrected chi connectivity index (χ3v) is 4.06. The molecule has 0 amide bonds. The Morgan fingerprint density at radius 2 is 1.94 bits per heavy atom. The molecule has 17 heavy (non-hydrogen) atoms. The zero-order valence-corrected chi connectivity index (χ0v) is 13.2. The molecule has 0 spiro atoms. The predicted molar refractivity (Wildman–Crippen MR) is 78.4 cm³/mol. The van der Waals surface area contributed by atoms with Gasteiger partial charge in [0.15, 0.2) is 0 Å². The Hall–Kier alpha value is -0.210. The van der Waals surface area contributed by atoms with Crippen molar-refractivity contribution >= 4 is 27.5 Å². The number of hydrogen-bond acceptors (Lipinski definition) is 1. The van der Waals surface area contributed by atoms with Crippen molar-refractivity contribution in [1.29, 1.82) is 0 Å². The summed E-state index contributed by atoms with van der Waals surface area (Å²) >= 11 is 9.74. The van der Waals surface area contributed by atoms with E-state index in [1.165, 1.54) is 5.56 Å². The molecule has 0 saturated carbocycles. The van der Waals surface area contributed by atoms with Crippen molar-refractivity contribution in [2.24, 2.45) is 11.8 Å². The second-order valence-corrected chi connectivity index (χ2v) is 6.63. The van der Waals surface area contributed by atoms with Gasteiger partial charge in [-0.1, -0.05) is 48.3 Å². The van der Waals surface area contributed by atoms with Gasteiger partial charge in [0, 0.05) is 9.85 Å². The van der Waals surface area contributed by atoms with Gasteiger partial charge in [0.25, 0.3) is 0 Å². The van der Waals surface area contributed by atoms with Gasteiger partial charge < -0.3 is 4.74 Å². The average Bonchev–Trinajstić information content (AvgIpc) is 2.25. The van der Waals surface area contributed by atoms with Crippen LogP contribution in [0.2, 0.25) is 5.02 Å². The standard InChI is InChI=1S/C14H20BrClO/c1-9(2)13(10(3)15)8-11-7-12(16)5-6-14(11)17-4/h5-7,9-10,13H,8H2,1-4H3. The Morgan fingerprint density at radius 3 is 2.41 bits per heavy atom. The minimum Gasteiger partial charge on any atom is -0.496 e. The molecular formula is C14H20BrClO. The Bertz CT molecular complexity index is 355. The molecule has 1 nitrogen and oxygen atoms in total. The van der Waals surface area contributed by atoms with Crippen LogP contribution in [0.4, 0.5) is 0 Å². The largest absolute Gasteiger partial charge is 0.496 e. The fraction of sp³-hybridized carbons (Fsp3) is 0.571. The number of halogens is 2. The van der Waals surface area contributed by atoms with E-state index in [4.69, 9.17) is 16.3 Å². The lowest BCUT2D eigenvalue weighted by molar-refractivity contribution is 0.367. The van der Waals surface area contributed by atoms with Crippen LogP contribution in [0.25, 0.3) is 0 Å². The van der Waals surface area contributed by atoms with Gasteiger partial charge in [-0.25, -0.2) is 0 Å². The molecule has 3 heteroatoms. The molecule has 2 atom stereocenters.